The molecule has 4 nitrogen and oxygen atoms in total. The standard InChI is InChI=1S/C18H18N2O2S2/c1-21-13-6-8-14(9-7-13)23-11-17-19-20-18(22-17)16-10-12-4-2-3-5-15(12)24-16/h6-10H,2-5,11H2,1H3. The molecule has 0 bridgehead atoms. The van der Waals surface area contributed by atoms with Gasteiger partial charge in [-0.2, -0.15) is 0 Å². The normalized spacial score (nSPS) is 13.7. The van der Waals surface area contributed by atoms with Crippen molar-refractivity contribution in [2.75, 3.05) is 7.11 Å². The van der Waals surface area contributed by atoms with Gasteiger partial charge in [0.25, 0.3) is 5.89 Å². The van der Waals surface area contributed by atoms with E-state index in [-0.39, 0.29) is 0 Å². The molecular weight excluding hydrogens is 340 g/mol. The number of hydrogen-bond acceptors (Lipinski definition) is 6. The molecule has 0 unspecified atom stereocenters. The first kappa shape index (κ1) is 15.7. The Morgan fingerprint density at radius 2 is 2.00 bits per heavy atom. The van der Waals surface area contributed by atoms with Gasteiger partial charge in [0.1, 0.15) is 5.75 Å². The van der Waals surface area contributed by atoms with Gasteiger partial charge in [0.15, 0.2) is 0 Å². The third-order valence-electron chi connectivity index (χ3n) is 4.10. The summed E-state index contributed by atoms with van der Waals surface area (Å²) >= 11 is 3.48. The molecule has 0 spiro atoms. The van der Waals surface area contributed by atoms with Gasteiger partial charge in [-0.3, -0.25) is 0 Å². The number of ether oxygens (including phenoxy) is 1. The van der Waals surface area contributed by atoms with E-state index in [4.69, 9.17) is 9.15 Å². The summed E-state index contributed by atoms with van der Waals surface area (Å²) in [5.41, 5.74) is 1.47. The van der Waals surface area contributed by atoms with E-state index in [0.29, 0.717) is 17.5 Å². The minimum absolute atomic E-state index is 0.653. The molecule has 3 aromatic rings. The third-order valence-corrected chi connectivity index (χ3v) is 6.32. The zero-order chi connectivity index (χ0) is 16.4. The van der Waals surface area contributed by atoms with Crippen LogP contribution in [0.2, 0.25) is 0 Å². The number of hydrogen-bond donors (Lipinski definition) is 0. The molecule has 0 amide bonds. The van der Waals surface area contributed by atoms with E-state index in [2.05, 4.69) is 16.3 Å². The molecule has 1 aliphatic rings. The van der Waals surface area contributed by atoms with Crippen LogP contribution in [0.5, 0.6) is 5.75 Å². The van der Waals surface area contributed by atoms with Crippen LogP contribution in [0.15, 0.2) is 39.6 Å². The number of nitrogens with zero attached hydrogens (tertiary/aromatic N) is 2. The minimum Gasteiger partial charge on any atom is -0.497 e. The number of thiophene rings is 1. The zero-order valence-corrected chi connectivity index (χ0v) is 15.1. The van der Waals surface area contributed by atoms with Gasteiger partial charge in [-0.15, -0.1) is 33.3 Å². The minimum atomic E-state index is 0.653. The lowest BCUT2D eigenvalue weighted by molar-refractivity contribution is 0.414. The van der Waals surface area contributed by atoms with Crippen molar-refractivity contribution in [2.24, 2.45) is 0 Å². The Hall–Kier alpha value is -1.79. The molecule has 1 aliphatic carbocycles. The Labute approximate surface area is 149 Å². The predicted octanol–water partition coefficient (Wildman–Crippen LogP) is 4.98. The van der Waals surface area contributed by atoms with E-state index in [1.54, 1.807) is 30.2 Å². The van der Waals surface area contributed by atoms with Gasteiger partial charge in [0.2, 0.25) is 5.89 Å². The first-order valence-electron chi connectivity index (χ1n) is 8.03. The van der Waals surface area contributed by atoms with Crippen molar-refractivity contribution >= 4 is 23.1 Å². The number of aromatic nitrogens is 2. The van der Waals surface area contributed by atoms with Crippen LogP contribution in [0.25, 0.3) is 10.8 Å². The highest BCUT2D eigenvalue weighted by Crippen LogP contribution is 2.35. The van der Waals surface area contributed by atoms with Crippen LogP contribution >= 0.6 is 23.1 Å². The van der Waals surface area contributed by atoms with Gasteiger partial charge in [-0.25, -0.2) is 0 Å². The maximum absolute atomic E-state index is 5.86. The summed E-state index contributed by atoms with van der Waals surface area (Å²) in [4.78, 5) is 3.75. The maximum Gasteiger partial charge on any atom is 0.257 e. The van der Waals surface area contributed by atoms with Crippen LogP contribution in [0.3, 0.4) is 0 Å². The van der Waals surface area contributed by atoms with Gasteiger partial charge in [0.05, 0.1) is 17.7 Å². The number of fused-ring (bicyclic) bond motifs is 1. The fourth-order valence-electron chi connectivity index (χ4n) is 2.82. The van der Waals surface area contributed by atoms with Crippen molar-refractivity contribution < 1.29 is 9.15 Å². The molecule has 24 heavy (non-hydrogen) atoms. The molecule has 6 heteroatoms. The average molecular weight is 358 g/mol. The van der Waals surface area contributed by atoms with Crippen LogP contribution in [-0.4, -0.2) is 17.3 Å². The van der Waals surface area contributed by atoms with Crippen molar-refractivity contribution in [3.05, 3.63) is 46.7 Å². The van der Waals surface area contributed by atoms with E-state index < -0.39 is 0 Å². The first-order chi connectivity index (χ1) is 11.8. The average Bonchev–Trinajstić information content (AvgIpc) is 3.27. The zero-order valence-electron chi connectivity index (χ0n) is 13.4. The van der Waals surface area contributed by atoms with E-state index in [9.17, 15) is 0 Å². The number of methoxy groups -OCH3 is 1. The first-order valence-corrected chi connectivity index (χ1v) is 9.83. The molecule has 0 N–H and O–H groups in total. The number of rotatable bonds is 5. The Kier molecular flexibility index (Phi) is 4.58. The van der Waals surface area contributed by atoms with Crippen molar-refractivity contribution in [1.82, 2.24) is 10.2 Å². The summed E-state index contributed by atoms with van der Waals surface area (Å²) < 4.78 is 11.0. The molecule has 0 aliphatic heterocycles. The van der Waals surface area contributed by atoms with E-state index in [0.717, 1.165) is 15.5 Å². The fourth-order valence-corrected chi connectivity index (χ4v) is 4.73. The molecule has 1 aromatic carbocycles. The van der Waals surface area contributed by atoms with Gasteiger partial charge in [0, 0.05) is 9.77 Å². The lowest BCUT2D eigenvalue weighted by Gasteiger charge is -2.08. The molecule has 0 fully saturated rings. The predicted molar refractivity (Wildman–Crippen MR) is 96.8 cm³/mol. The maximum atomic E-state index is 5.86. The third kappa shape index (κ3) is 3.35. The summed E-state index contributed by atoms with van der Waals surface area (Å²) in [5, 5.41) is 8.42. The molecule has 2 aromatic heterocycles. The number of benzene rings is 1. The molecule has 0 saturated heterocycles. The van der Waals surface area contributed by atoms with Crippen LogP contribution in [-0.2, 0) is 18.6 Å². The smallest absolute Gasteiger partial charge is 0.257 e. The van der Waals surface area contributed by atoms with Gasteiger partial charge < -0.3 is 9.15 Å². The van der Waals surface area contributed by atoms with E-state index >= 15 is 0 Å². The largest absolute Gasteiger partial charge is 0.497 e. The second-order valence-corrected chi connectivity index (χ2v) is 7.92. The van der Waals surface area contributed by atoms with Crippen molar-refractivity contribution in [3.8, 4) is 16.5 Å². The SMILES string of the molecule is COc1ccc(SCc2nnc(-c3cc4c(s3)CCCC4)o2)cc1. The van der Waals surface area contributed by atoms with E-state index in [1.807, 2.05) is 24.3 Å². The van der Waals surface area contributed by atoms with Crippen molar-refractivity contribution in [3.63, 3.8) is 0 Å². The molecule has 124 valence electrons. The highest BCUT2D eigenvalue weighted by atomic mass is 32.2. The van der Waals surface area contributed by atoms with Gasteiger partial charge >= 0.3 is 0 Å². The lowest BCUT2D eigenvalue weighted by atomic mass is 9.99. The Morgan fingerprint density at radius 1 is 1.17 bits per heavy atom. The monoisotopic (exact) mass is 358 g/mol. The van der Waals surface area contributed by atoms with E-state index in [1.165, 1.54) is 36.1 Å². The van der Waals surface area contributed by atoms with Crippen LogP contribution in [0.1, 0.15) is 29.2 Å². The highest BCUT2D eigenvalue weighted by Gasteiger charge is 2.17. The number of aryl methyl sites for hydroxylation is 2. The van der Waals surface area contributed by atoms with Crippen LogP contribution in [0.4, 0.5) is 0 Å². The lowest BCUT2D eigenvalue weighted by Crippen LogP contribution is -1.96. The Bertz CT molecular complexity index is 800. The number of thioether (sulfide) groups is 1. The molecule has 0 radical (unpaired) electrons. The van der Waals surface area contributed by atoms with Gasteiger partial charge in [-0.1, -0.05) is 0 Å². The molecule has 0 atom stereocenters. The second kappa shape index (κ2) is 6.99. The topological polar surface area (TPSA) is 48.2 Å². The summed E-state index contributed by atoms with van der Waals surface area (Å²) in [6.45, 7) is 0. The van der Waals surface area contributed by atoms with Crippen molar-refractivity contribution in [2.45, 2.75) is 36.3 Å². The highest BCUT2D eigenvalue weighted by molar-refractivity contribution is 7.98. The second-order valence-electron chi connectivity index (χ2n) is 5.73. The molecule has 4 rings (SSSR count). The quantitative estimate of drug-likeness (QED) is 0.602. The summed E-state index contributed by atoms with van der Waals surface area (Å²) in [5.74, 6) is 2.85. The summed E-state index contributed by atoms with van der Waals surface area (Å²) in [6, 6.07) is 10.2. The van der Waals surface area contributed by atoms with Crippen LogP contribution in [0, 0.1) is 0 Å². The van der Waals surface area contributed by atoms with Gasteiger partial charge in [-0.05, 0) is 61.6 Å². The molecule has 2 heterocycles. The molecule has 0 saturated carbocycles. The Balaban J connectivity index is 1.43. The van der Waals surface area contributed by atoms with Crippen molar-refractivity contribution in [1.29, 1.82) is 0 Å². The summed E-state index contributed by atoms with van der Waals surface area (Å²) in [6.07, 6.45) is 4.95. The Morgan fingerprint density at radius 3 is 2.79 bits per heavy atom. The molecular formula is C18H18N2O2S2. The summed E-state index contributed by atoms with van der Waals surface area (Å²) in [7, 11) is 1.67. The van der Waals surface area contributed by atoms with Crippen LogP contribution < -0.4 is 4.74 Å². The fraction of sp³-hybridized carbons (Fsp3) is 0.333.